The molecule has 2 unspecified atom stereocenters. The minimum atomic E-state index is -4.60. The number of nitrogens with one attached hydrogen (secondary N) is 2. The second-order valence-corrected chi connectivity index (χ2v) is 7.09. The van der Waals surface area contributed by atoms with Gasteiger partial charge < -0.3 is 15.4 Å². The van der Waals surface area contributed by atoms with Crippen molar-refractivity contribution in [1.82, 2.24) is 10.6 Å². The fourth-order valence-electron chi connectivity index (χ4n) is 2.88. The van der Waals surface area contributed by atoms with Gasteiger partial charge in [-0.15, -0.1) is 13.2 Å². The highest BCUT2D eigenvalue weighted by atomic mass is 19.4. The molecule has 184 valence electrons. The topological polar surface area (TPSA) is 50.4 Å². The standard InChI is InChI=1S/C16H24N2O.C8H7F3O.C2H6/c1-5-12(3)13-9-7-8-10-14(13)15(17-4)11-18-16(19)6-2;1-6-2-4-7(5-3-6)12-8(9,10)11;1-2/h6-10,12,15,17H,2,5,11H2,1,3-4H3,(H,18,19);2-5H,1H3;1-2H3. The van der Waals surface area contributed by atoms with Crippen molar-refractivity contribution < 1.29 is 22.7 Å². The Balaban J connectivity index is 0.000000627. The molecule has 2 rings (SSSR count). The van der Waals surface area contributed by atoms with Gasteiger partial charge >= 0.3 is 6.36 Å². The number of hydrogen-bond acceptors (Lipinski definition) is 3. The van der Waals surface area contributed by atoms with Crippen molar-refractivity contribution >= 4 is 5.91 Å². The quantitative estimate of drug-likeness (QED) is 0.427. The molecule has 2 N–H and O–H groups in total. The molecule has 2 aromatic carbocycles. The molecular weight excluding hydrogens is 429 g/mol. The highest BCUT2D eigenvalue weighted by Crippen LogP contribution is 2.27. The zero-order valence-electron chi connectivity index (χ0n) is 20.4. The molecule has 0 spiro atoms. The lowest BCUT2D eigenvalue weighted by Gasteiger charge is -2.23. The Bertz CT molecular complexity index is 821. The first-order valence-corrected chi connectivity index (χ1v) is 11.1. The number of rotatable bonds is 8. The van der Waals surface area contributed by atoms with Crippen LogP contribution in [0.5, 0.6) is 5.75 Å². The first-order valence-electron chi connectivity index (χ1n) is 11.1. The monoisotopic (exact) mass is 466 g/mol. The van der Waals surface area contributed by atoms with Gasteiger partial charge in [0.2, 0.25) is 5.91 Å². The molecule has 2 aromatic rings. The molecule has 0 aliphatic rings. The van der Waals surface area contributed by atoms with Gasteiger partial charge in [-0.2, -0.15) is 0 Å². The SMILES string of the molecule is C=CC(=O)NCC(NC)c1ccccc1C(C)CC.CC.Cc1ccc(OC(F)(F)F)cc1. The zero-order chi connectivity index (χ0) is 25.4. The van der Waals surface area contributed by atoms with E-state index in [2.05, 4.69) is 54.0 Å². The molecule has 0 fully saturated rings. The predicted octanol–water partition coefficient (Wildman–Crippen LogP) is 6.68. The highest BCUT2D eigenvalue weighted by Gasteiger charge is 2.30. The van der Waals surface area contributed by atoms with Crippen LogP contribution in [0.4, 0.5) is 13.2 Å². The second kappa shape index (κ2) is 15.9. The number of likely N-dealkylation sites (N-methyl/N-ethyl adjacent to an activating group) is 1. The van der Waals surface area contributed by atoms with Gasteiger partial charge in [-0.25, -0.2) is 0 Å². The molecule has 2 atom stereocenters. The van der Waals surface area contributed by atoms with Gasteiger partial charge in [0.1, 0.15) is 5.75 Å². The highest BCUT2D eigenvalue weighted by molar-refractivity contribution is 5.86. The van der Waals surface area contributed by atoms with Crippen LogP contribution in [0.15, 0.2) is 61.2 Å². The molecular formula is C26H37F3N2O2. The first kappa shape index (κ1) is 30.2. The van der Waals surface area contributed by atoms with Gasteiger partial charge in [-0.3, -0.25) is 4.79 Å². The molecule has 0 heterocycles. The molecule has 0 aromatic heterocycles. The third-order valence-electron chi connectivity index (χ3n) is 4.78. The summed E-state index contributed by atoms with van der Waals surface area (Å²) >= 11 is 0. The van der Waals surface area contributed by atoms with E-state index in [9.17, 15) is 18.0 Å². The summed E-state index contributed by atoms with van der Waals surface area (Å²) in [5.41, 5.74) is 3.49. The smallest absolute Gasteiger partial charge is 0.406 e. The van der Waals surface area contributed by atoms with Gasteiger partial charge in [0.15, 0.2) is 0 Å². The lowest BCUT2D eigenvalue weighted by molar-refractivity contribution is -0.274. The maximum absolute atomic E-state index is 11.6. The molecule has 1 amide bonds. The van der Waals surface area contributed by atoms with E-state index in [-0.39, 0.29) is 17.7 Å². The minimum Gasteiger partial charge on any atom is -0.406 e. The van der Waals surface area contributed by atoms with Crippen LogP contribution in [-0.4, -0.2) is 25.9 Å². The van der Waals surface area contributed by atoms with Crippen LogP contribution in [-0.2, 0) is 4.79 Å². The Labute approximate surface area is 196 Å². The average Bonchev–Trinajstić information content (AvgIpc) is 2.81. The van der Waals surface area contributed by atoms with E-state index < -0.39 is 6.36 Å². The van der Waals surface area contributed by atoms with Crippen LogP contribution in [0.25, 0.3) is 0 Å². The van der Waals surface area contributed by atoms with Gasteiger partial charge in [-0.1, -0.05) is 76.2 Å². The number of hydrogen-bond donors (Lipinski definition) is 2. The van der Waals surface area contributed by atoms with Gasteiger partial charge in [0.25, 0.3) is 0 Å². The first-order chi connectivity index (χ1) is 15.6. The van der Waals surface area contributed by atoms with Crippen molar-refractivity contribution in [2.75, 3.05) is 13.6 Å². The molecule has 7 heteroatoms. The Morgan fingerprint density at radius 3 is 2.09 bits per heavy atom. The summed E-state index contributed by atoms with van der Waals surface area (Å²) in [5.74, 6) is 0.191. The molecule has 4 nitrogen and oxygen atoms in total. The van der Waals surface area contributed by atoms with Crippen molar-refractivity contribution in [3.8, 4) is 5.75 Å². The van der Waals surface area contributed by atoms with E-state index in [1.807, 2.05) is 27.0 Å². The molecule has 0 saturated heterocycles. The number of carbonyl (C=O) groups is 1. The maximum Gasteiger partial charge on any atom is 0.573 e. The van der Waals surface area contributed by atoms with Crippen LogP contribution >= 0.6 is 0 Å². The number of amides is 1. The predicted molar refractivity (Wildman–Crippen MR) is 129 cm³/mol. The molecule has 0 aliphatic heterocycles. The lowest BCUT2D eigenvalue weighted by atomic mass is 9.90. The van der Waals surface area contributed by atoms with Crippen LogP contribution in [0.3, 0.4) is 0 Å². The Kier molecular flexibility index (Phi) is 14.6. The zero-order valence-corrected chi connectivity index (χ0v) is 20.4. The summed E-state index contributed by atoms with van der Waals surface area (Å²) in [6.45, 7) is 14.2. The number of halogens is 3. The van der Waals surface area contributed by atoms with E-state index in [0.717, 1.165) is 12.0 Å². The lowest BCUT2D eigenvalue weighted by Crippen LogP contribution is -2.33. The molecule has 0 radical (unpaired) electrons. The molecule has 0 saturated carbocycles. The summed E-state index contributed by atoms with van der Waals surface area (Å²) < 4.78 is 38.5. The normalized spacial score (nSPS) is 12.2. The average molecular weight is 467 g/mol. The van der Waals surface area contributed by atoms with Gasteiger partial charge in [0.05, 0.1) is 0 Å². The van der Waals surface area contributed by atoms with Crippen molar-refractivity contribution in [3.63, 3.8) is 0 Å². The summed E-state index contributed by atoms with van der Waals surface area (Å²) in [7, 11) is 1.91. The van der Waals surface area contributed by atoms with Crippen molar-refractivity contribution in [2.45, 2.75) is 59.4 Å². The summed E-state index contributed by atoms with van der Waals surface area (Å²) in [5, 5.41) is 6.11. The Morgan fingerprint density at radius 1 is 1.09 bits per heavy atom. The van der Waals surface area contributed by atoms with Crippen LogP contribution in [0.1, 0.15) is 62.8 Å². The third kappa shape index (κ3) is 12.1. The van der Waals surface area contributed by atoms with E-state index in [1.165, 1.54) is 29.3 Å². The fourth-order valence-corrected chi connectivity index (χ4v) is 2.88. The van der Waals surface area contributed by atoms with Gasteiger partial charge in [0, 0.05) is 12.6 Å². The Hall–Kier alpha value is -2.80. The number of carbonyl (C=O) groups excluding carboxylic acids is 1. The fraction of sp³-hybridized carbons (Fsp3) is 0.423. The summed E-state index contributed by atoms with van der Waals surface area (Å²) in [6.07, 6.45) is -2.20. The number of ether oxygens (including phenoxy) is 1. The van der Waals surface area contributed by atoms with Crippen molar-refractivity contribution in [2.24, 2.45) is 0 Å². The third-order valence-corrected chi connectivity index (χ3v) is 4.78. The number of alkyl halides is 3. The number of benzene rings is 2. The largest absolute Gasteiger partial charge is 0.573 e. The van der Waals surface area contributed by atoms with E-state index in [0.29, 0.717) is 12.5 Å². The molecule has 33 heavy (non-hydrogen) atoms. The van der Waals surface area contributed by atoms with Gasteiger partial charge in [-0.05, 0) is 55.6 Å². The molecule has 0 aliphatic carbocycles. The number of aryl methyl sites for hydroxylation is 1. The molecule has 0 bridgehead atoms. The van der Waals surface area contributed by atoms with E-state index in [4.69, 9.17) is 0 Å². The Morgan fingerprint density at radius 2 is 1.64 bits per heavy atom. The van der Waals surface area contributed by atoms with Crippen LogP contribution in [0.2, 0.25) is 0 Å². The summed E-state index contributed by atoms with van der Waals surface area (Å²) in [4.78, 5) is 11.3. The maximum atomic E-state index is 11.6. The second-order valence-electron chi connectivity index (χ2n) is 7.09. The van der Waals surface area contributed by atoms with Crippen molar-refractivity contribution in [3.05, 3.63) is 77.9 Å². The summed E-state index contributed by atoms with van der Waals surface area (Å²) in [6, 6.07) is 14.2. The van der Waals surface area contributed by atoms with Crippen molar-refractivity contribution in [1.29, 1.82) is 0 Å². The van der Waals surface area contributed by atoms with Crippen LogP contribution < -0.4 is 15.4 Å². The minimum absolute atomic E-state index is 0.120. The van der Waals surface area contributed by atoms with Crippen LogP contribution in [0, 0.1) is 6.92 Å². The van der Waals surface area contributed by atoms with E-state index >= 15 is 0 Å². The van der Waals surface area contributed by atoms with E-state index in [1.54, 1.807) is 19.1 Å².